The molecule has 0 bridgehead atoms. The number of carbonyl (C=O) groups is 2. The highest BCUT2D eigenvalue weighted by Gasteiger charge is 2.26. The summed E-state index contributed by atoms with van der Waals surface area (Å²) in [6.45, 7) is 0.386. The van der Waals surface area contributed by atoms with Crippen molar-refractivity contribution in [2.75, 3.05) is 16.8 Å². The van der Waals surface area contributed by atoms with E-state index in [4.69, 9.17) is 9.84 Å². The number of carboxylic acid groups (broad SMARTS) is 1. The lowest BCUT2D eigenvalue weighted by Gasteiger charge is -2.14. The van der Waals surface area contributed by atoms with Crippen LogP contribution in [0.25, 0.3) is 0 Å². The number of ether oxygens (including phenoxy) is 1. The van der Waals surface area contributed by atoms with Crippen molar-refractivity contribution in [3.63, 3.8) is 0 Å². The molecule has 0 saturated carbocycles. The Morgan fingerprint density at radius 2 is 1.86 bits per heavy atom. The summed E-state index contributed by atoms with van der Waals surface area (Å²) in [7, 11) is 0. The third-order valence-corrected chi connectivity index (χ3v) is 3.45. The Morgan fingerprint density at radius 1 is 1.09 bits per heavy atom. The first-order valence-corrected chi connectivity index (χ1v) is 6.81. The molecule has 3 rings (SSSR count). The monoisotopic (exact) mass is 298 g/mol. The molecule has 6 heteroatoms. The summed E-state index contributed by atoms with van der Waals surface area (Å²) in [5.74, 6) is 0.444. The van der Waals surface area contributed by atoms with Crippen LogP contribution in [0.3, 0.4) is 0 Å². The van der Waals surface area contributed by atoms with E-state index in [0.717, 1.165) is 5.56 Å². The van der Waals surface area contributed by atoms with Gasteiger partial charge in [0.15, 0.2) is 0 Å². The zero-order valence-corrected chi connectivity index (χ0v) is 11.7. The Balaban J connectivity index is 1.77. The van der Waals surface area contributed by atoms with E-state index in [0.29, 0.717) is 30.1 Å². The summed E-state index contributed by atoms with van der Waals surface area (Å²) < 4.78 is 5.17. The maximum absolute atomic E-state index is 11.9. The van der Waals surface area contributed by atoms with Crippen molar-refractivity contribution in [1.82, 2.24) is 0 Å². The van der Waals surface area contributed by atoms with Gasteiger partial charge in [0.1, 0.15) is 5.75 Å². The number of hydrogen-bond donors (Lipinski definition) is 2. The largest absolute Gasteiger partial charge is 0.465 e. The maximum atomic E-state index is 11.9. The molecule has 1 aliphatic heterocycles. The van der Waals surface area contributed by atoms with E-state index in [1.54, 1.807) is 42.5 Å². The molecule has 1 heterocycles. The fraction of sp³-hybridized carbons (Fsp3) is 0.125. The molecular weight excluding hydrogens is 284 g/mol. The molecule has 112 valence electrons. The Bertz CT molecular complexity index is 715. The van der Waals surface area contributed by atoms with Crippen LogP contribution in [0.5, 0.6) is 5.75 Å². The smallest absolute Gasteiger partial charge is 0.417 e. The zero-order chi connectivity index (χ0) is 15.5. The minimum atomic E-state index is -0.997. The number of hydrogen-bond acceptors (Lipinski definition) is 3. The number of carbonyl (C=O) groups excluding carboxylic acids is 1. The van der Waals surface area contributed by atoms with Gasteiger partial charge in [0.05, 0.1) is 5.69 Å². The van der Waals surface area contributed by atoms with Crippen LogP contribution in [0.2, 0.25) is 0 Å². The number of rotatable bonds is 2. The molecule has 6 nitrogen and oxygen atoms in total. The third kappa shape index (κ3) is 2.71. The van der Waals surface area contributed by atoms with Crippen molar-refractivity contribution in [2.45, 2.75) is 6.42 Å². The fourth-order valence-corrected chi connectivity index (χ4v) is 2.48. The van der Waals surface area contributed by atoms with Gasteiger partial charge in [-0.25, -0.2) is 9.59 Å². The standard InChI is InChI=1S/C16H14N2O4/c19-15(22-11-5-2-1-3-6-11)17-13-7-4-8-14-12(13)9-10-18(14)16(20)21/h1-8H,9-10H2,(H,17,19)(H,20,21). The van der Waals surface area contributed by atoms with Crippen LogP contribution in [0.1, 0.15) is 5.56 Å². The minimum Gasteiger partial charge on any atom is -0.465 e. The SMILES string of the molecule is O=C(Nc1cccc2c1CCN2C(=O)O)Oc1ccccc1. The first kappa shape index (κ1) is 13.9. The lowest BCUT2D eigenvalue weighted by atomic mass is 10.1. The van der Waals surface area contributed by atoms with E-state index in [-0.39, 0.29) is 0 Å². The molecule has 0 aliphatic carbocycles. The zero-order valence-electron chi connectivity index (χ0n) is 11.7. The van der Waals surface area contributed by atoms with Crippen LogP contribution in [0, 0.1) is 0 Å². The normalized spacial score (nSPS) is 12.6. The van der Waals surface area contributed by atoms with Crippen LogP contribution in [0.4, 0.5) is 21.0 Å². The van der Waals surface area contributed by atoms with Crippen LogP contribution >= 0.6 is 0 Å². The third-order valence-electron chi connectivity index (χ3n) is 3.45. The second-order valence-electron chi connectivity index (χ2n) is 4.82. The fourth-order valence-electron chi connectivity index (χ4n) is 2.48. The van der Waals surface area contributed by atoms with Crippen molar-refractivity contribution >= 4 is 23.6 Å². The van der Waals surface area contributed by atoms with Gasteiger partial charge in [-0.05, 0) is 30.7 Å². The van der Waals surface area contributed by atoms with Crippen molar-refractivity contribution in [1.29, 1.82) is 0 Å². The molecule has 0 radical (unpaired) electrons. The summed E-state index contributed by atoms with van der Waals surface area (Å²) >= 11 is 0. The molecule has 0 saturated heterocycles. The number of benzene rings is 2. The topological polar surface area (TPSA) is 78.9 Å². The minimum absolute atomic E-state index is 0.386. The second kappa shape index (κ2) is 5.77. The summed E-state index contributed by atoms with van der Waals surface area (Å²) in [6.07, 6.45) is -1.04. The van der Waals surface area contributed by atoms with Crippen LogP contribution in [0.15, 0.2) is 48.5 Å². The quantitative estimate of drug-likeness (QED) is 0.891. The lowest BCUT2D eigenvalue weighted by molar-refractivity contribution is 0.202. The van der Waals surface area contributed by atoms with Crippen molar-refractivity contribution in [2.24, 2.45) is 0 Å². The molecule has 0 atom stereocenters. The highest BCUT2D eigenvalue weighted by molar-refractivity contribution is 5.94. The first-order chi connectivity index (χ1) is 10.6. The summed E-state index contributed by atoms with van der Waals surface area (Å²) in [5.41, 5.74) is 1.97. The predicted molar refractivity (Wildman–Crippen MR) is 81.6 cm³/mol. The molecule has 0 fully saturated rings. The Labute approximate surface area is 126 Å². The van der Waals surface area contributed by atoms with Gasteiger partial charge in [-0.15, -0.1) is 0 Å². The average molecular weight is 298 g/mol. The Morgan fingerprint density at radius 3 is 2.59 bits per heavy atom. The van der Waals surface area contributed by atoms with Crippen molar-refractivity contribution in [3.05, 3.63) is 54.1 Å². The van der Waals surface area contributed by atoms with Gasteiger partial charge in [0.2, 0.25) is 0 Å². The van der Waals surface area contributed by atoms with Crippen molar-refractivity contribution in [3.8, 4) is 5.75 Å². The molecule has 22 heavy (non-hydrogen) atoms. The Kier molecular flexibility index (Phi) is 3.65. The maximum Gasteiger partial charge on any atom is 0.417 e. The number of para-hydroxylation sites is 1. The van der Waals surface area contributed by atoms with Crippen LogP contribution < -0.4 is 15.0 Å². The first-order valence-electron chi connectivity index (χ1n) is 6.81. The molecule has 2 aromatic carbocycles. The van der Waals surface area contributed by atoms with Gasteiger partial charge in [0, 0.05) is 17.8 Å². The number of anilines is 2. The highest BCUT2D eigenvalue weighted by Crippen LogP contribution is 2.33. The van der Waals surface area contributed by atoms with Crippen LogP contribution in [-0.4, -0.2) is 23.8 Å². The van der Waals surface area contributed by atoms with Gasteiger partial charge in [-0.1, -0.05) is 24.3 Å². The van der Waals surface area contributed by atoms with E-state index in [2.05, 4.69) is 5.32 Å². The van der Waals surface area contributed by atoms with Gasteiger partial charge in [-0.3, -0.25) is 10.2 Å². The van der Waals surface area contributed by atoms with Gasteiger partial charge in [0.25, 0.3) is 0 Å². The molecule has 0 spiro atoms. The molecule has 0 unspecified atom stereocenters. The average Bonchev–Trinajstić information content (AvgIpc) is 2.93. The van der Waals surface area contributed by atoms with E-state index >= 15 is 0 Å². The molecule has 0 aromatic heterocycles. The molecule has 1 aliphatic rings. The summed E-state index contributed by atoms with van der Waals surface area (Å²) in [4.78, 5) is 24.4. The number of nitrogens with one attached hydrogen (secondary N) is 1. The number of fused-ring (bicyclic) bond motifs is 1. The predicted octanol–water partition coefficient (Wildman–Crippen LogP) is 3.34. The molecule has 2 aromatic rings. The van der Waals surface area contributed by atoms with Crippen LogP contribution in [-0.2, 0) is 6.42 Å². The molecule has 2 amide bonds. The summed E-state index contributed by atoms with van der Waals surface area (Å²) in [6, 6.07) is 13.9. The van der Waals surface area contributed by atoms with E-state index < -0.39 is 12.2 Å². The second-order valence-corrected chi connectivity index (χ2v) is 4.82. The number of amides is 2. The van der Waals surface area contributed by atoms with Gasteiger partial charge < -0.3 is 9.84 Å². The Hall–Kier alpha value is -3.02. The molecule has 2 N–H and O–H groups in total. The van der Waals surface area contributed by atoms with Gasteiger partial charge in [-0.2, -0.15) is 0 Å². The van der Waals surface area contributed by atoms with Gasteiger partial charge >= 0.3 is 12.2 Å². The van der Waals surface area contributed by atoms with E-state index in [1.165, 1.54) is 4.90 Å². The van der Waals surface area contributed by atoms with E-state index in [9.17, 15) is 9.59 Å². The van der Waals surface area contributed by atoms with E-state index in [1.807, 2.05) is 6.07 Å². The highest BCUT2D eigenvalue weighted by atomic mass is 16.6. The number of nitrogens with zero attached hydrogens (tertiary/aromatic N) is 1. The molecular formula is C16H14N2O4. The van der Waals surface area contributed by atoms with Crippen molar-refractivity contribution < 1.29 is 19.4 Å². The lowest BCUT2D eigenvalue weighted by Crippen LogP contribution is -2.26. The summed E-state index contributed by atoms with van der Waals surface area (Å²) in [5, 5.41) is 11.8.